The van der Waals surface area contributed by atoms with Gasteiger partial charge in [0.25, 0.3) is 0 Å². The summed E-state index contributed by atoms with van der Waals surface area (Å²) in [6.07, 6.45) is 4.16. The second kappa shape index (κ2) is 4.47. The first-order valence-corrected chi connectivity index (χ1v) is 4.95. The number of hydrogen-bond acceptors (Lipinski definition) is 1. The molecule has 1 unspecified atom stereocenters. The minimum absolute atomic E-state index is 0.300. The highest BCUT2D eigenvalue weighted by atomic mass is 14.9. The van der Waals surface area contributed by atoms with E-state index >= 15 is 0 Å². The van der Waals surface area contributed by atoms with Crippen LogP contribution in [-0.4, -0.2) is 10.6 Å². The maximum Gasteiger partial charge on any atom is 0.0187 e. The maximum absolute atomic E-state index is 6.02. The van der Waals surface area contributed by atoms with E-state index in [1.807, 2.05) is 0 Å². The minimum atomic E-state index is 0.300. The highest BCUT2D eigenvalue weighted by Gasteiger charge is 2.07. The quantitative estimate of drug-likeness (QED) is 0.754. The number of rotatable bonds is 4. The van der Waals surface area contributed by atoms with Crippen molar-refractivity contribution < 1.29 is 0 Å². The molecule has 0 saturated carbocycles. The van der Waals surface area contributed by atoms with E-state index in [0.717, 1.165) is 12.8 Å². The Hall–Kier alpha value is -0.760. The van der Waals surface area contributed by atoms with Gasteiger partial charge in [-0.25, -0.2) is 0 Å². The van der Waals surface area contributed by atoms with Gasteiger partial charge in [-0.2, -0.15) is 0 Å². The SMILES string of the molecule is CC(C)CC(N)Cc1cccn1C. The van der Waals surface area contributed by atoms with Crippen molar-refractivity contribution in [3.63, 3.8) is 0 Å². The van der Waals surface area contributed by atoms with Crippen LogP contribution in [0.2, 0.25) is 0 Å². The molecule has 0 fully saturated rings. The molecule has 1 atom stereocenters. The van der Waals surface area contributed by atoms with Gasteiger partial charge in [0.05, 0.1) is 0 Å². The van der Waals surface area contributed by atoms with E-state index in [1.54, 1.807) is 0 Å². The standard InChI is InChI=1S/C11H20N2/c1-9(2)7-10(12)8-11-5-4-6-13(11)3/h4-6,9-10H,7-8,12H2,1-3H3. The number of nitrogens with two attached hydrogens (primary N) is 1. The Morgan fingerprint density at radius 2 is 2.15 bits per heavy atom. The van der Waals surface area contributed by atoms with Crippen molar-refractivity contribution in [2.24, 2.45) is 18.7 Å². The maximum atomic E-state index is 6.02. The molecule has 2 N–H and O–H groups in total. The van der Waals surface area contributed by atoms with Crippen LogP contribution in [0.3, 0.4) is 0 Å². The van der Waals surface area contributed by atoms with Crippen molar-refractivity contribution in [3.8, 4) is 0 Å². The molecule has 0 radical (unpaired) electrons. The second-order valence-electron chi connectivity index (χ2n) is 4.20. The number of aryl methyl sites for hydroxylation is 1. The lowest BCUT2D eigenvalue weighted by Crippen LogP contribution is -2.25. The molecule has 1 rings (SSSR count). The third kappa shape index (κ3) is 3.23. The zero-order valence-electron chi connectivity index (χ0n) is 8.83. The predicted octanol–water partition coefficient (Wildman–Crippen LogP) is 1.94. The van der Waals surface area contributed by atoms with Crippen LogP contribution in [0.25, 0.3) is 0 Å². The van der Waals surface area contributed by atoms with Gasteiger partial charge in [-0.3, -0.25) is 0 Å². The summed E-state index contributed by atoms with van der Waals surface area (Å²) in [7, 11) is 2.07. The molecule has 0 aliphatic heterocycles. The van der Waals surface area contributed by atoms with Gasteiger partial charge in [-0.1, -0.05) is 13.8 Å². The zero-order chi connectivity index (χ0) is 9.84. The van der Waals surface area contributed by atoms with Gasteiger partial charge in [0.1, 0.15) is 0 Å². The van der Waals surface area contributed by atoms with Crippen molar-refractivity contribution >= 4 is 0 Å². The fourth-order valence-corrected chi connectivity index (χ4v) is 1.67. The van der Waals surface area contributed by atoms with E-state index in [0.29, 0.717) is 12.0 Å². The molecule has 0 aliphatic carbocycles. The molecule has 0 aromatic carbocycles. The molecule has 0 saturated heterocycles. The Bertz CT molecular complexity index is 250. The number of hydrogen-bond donors (Lipinski definition) is 1. The average Bonchev–Trinajstić information content (AvgIpc) is 2.34. The third-order valence-corrected chi connectivity index (χ3v) is 2.30. The first-order valence-electron chi connectivity index (χ1n) is 4.95. The van der Waals surface area contributed by atoms with E-state index in [-0.39, 0.29) is 0 Å². The Morgan fingerprint density at radius 3 is 2.62 bits per heavy atom. The third-order valence-electron chi connectivity index (χ3n) is 2.30. The van der Waals surface area contributed by atoms with E-state index in [4.69, 9.17) is 5.73 Å². The summed E-state index contributed by atoms with van der Waals surface area (Å²) in [5.74, 6) is 0.690. The lowest BCUT2D eigenvalue weighted by atomic mass is 10.0. The lowest BCUT2D eigenvalue weighted by molar-refractivity contribution is 0.486. The van der Waals surface area contributed by atoms with Crippen LogP contribution in [0.1, 0.15) is 26.0 Å². The number of aromatic nitrogens is 1. The molecule has 13 heavy (non-hydrogen) atoms. The van der Waals surface area contributed by atoms with Crippen LogP contribution in [-0.2, 0) is 13.5 Å². The highest BCUT2D eigenvalue weighted by Crippen LogP contribution is 2.09. The summed E-state index contributed by atoms with van der Waals surface area (Å²) < 4.78 is 2.14. The van der Waals surface area contributed by atoms with Crippen molar-refractivity contribution in [2.45, 2.75) is 32.7 Å². The van der Waals surface area contributed by atoms with E-state index in [2.05, 4.69) is 43.8 Å². The molecule has 74 valence electrons. The van der Waals surface area contributed by atoms with Gasteiger partial charge >= 0.3 is 0 Å². The summed E-state index contributed by atoms with van der Waals surface area (Å²) >= 11 is 0. The van der Waals surface area contributed by atoms with E-state index in [9.17, 15) is 0 Å². The van der Waals surface area contributed by atoms with Gasteiger partial charge in [0.15, 0.2) is 0 Å². The summed E-state index contributed by atoms with van der Waals surface area (Å²) in [6.45, 7) is 4.43. The molecule has 0 amide bonds. The molecule has 0 aliphatic rings. The van der Waals surface area contributed by atoms with Crippen molar-refractivity contribution in [3.05, 3.63) is 24.0 Å². The first kappa shape index (κ1) is 10.3. The molecule has 0 spiro atoms. The molecule has 1 heterocycles. The Labute approximate surface area is 80.7 Å². The van der Waals surface area contributed by atoms with E-state index in [1.165, 1.54) is 5.69 Å². The Morgan fingerprint density at radius 1 is 1.46 bits per heavy atom. The Kier molecular flexibility index (Phi) is 3.55. The Balaban J connectivity index is 2.45. The summed E-state index contributed by atoms with van der Waals surface area (Å²) in [5, 5.41) is 0. The summed E-state index contributed by atoms with van der Waals surface area (Å²) in [6, 6.07) is 4.51. The molecule has 2 nitrogen and oxygen atoms in total. The van der Waals surface area contributed by atoms with Gasteiger partial charge in [0.2, 0.25) is 0 Å². The summed E-state index contributed by atoms with van der Waals surface area (Å²) in [4.78, 5) is 0. The van der Waals surface area contributed by atoms with Crippen molar-refractivity contribution in [1.29, 1.82) is 0 Å². The van der Waals surface area contributed by atoms with Gasteiger partial charge in [-0.05, 0) is 24.5 Å². The normalized spacial score (nSPS) is 13.6. The lowest BCUT2D eigenvalue weighted by Gasteiger charge is -2.14. The first-order chi connectivity index (χ1) is 6.09. The smallest absolute Gasteiger partial charge is 0.0187 e. The van der Waals surface area contributed by atoms with Crippen molar-refractivity contribution in [1.82, 2.24) is 4.57 Å². The molecule has 0 bridgehead atoms. The predicted molar refractivity (Wildman–Crippen MR) is 56.5 cm³/mol. The van der Waals surface area contributed by atoms with Crippen LogP contribution in [0.15, 0.2) is 18.3 Å². The molecule has 2 heteroatoms. The zero-order valence-corrected chi connectivity index (χ0v) is 8.83. The highest BCUT2D eigenvalue weighted by molar-refractivity contribution is 5.07. The average molecular weight is 180 g/mol. The van der Waals surface area contributed by atoms with Crippen LogP contribution < -0.4 is 5.73 Å². The second-order valence-corrected chi connectivity index (χ2v) is 4.20. The molecular weight excluding hydrogens is 160 g/mol. The van der Waals surface area contributed by atoms with Crippen LogP contribution in [0.4, 0.5) is 0 Å². The number of nitrogens with zero attached hydrogens (tertiary/aromatic N) is 1. The molecule has 1 aromatic heterocycles. The van der Waals surface area contributed by atoms with Crippen LogP contribution in [0.5, 0.6) is 0 Å². The summed E-state index contributed by atoms with van der Waals surface area (Å²) in [5.41, 5.74) is 7.35. The van der Waals surface area contributed by atoms with Crippen molar-refractivity contribution in [2.75, 3.05) is 0 Å². The monoisotopic (exact) mass is 180 g/mol. The van der Waals surface area contributed by atoms with Gasteiger partial charge in [0, 0.05) is 31.4 Å². The molecule has 1 aromatic rings. The molecular formula is C11H20N2. The van der Waals surface area contributed by atoms with E-state index < -0.39 is 0 Å². The van der Waals surface area contributed by atoms with Crippen LogP contribution in [0, 0.1) is 5.92 Å². The van der Waals surface area contributed by atoms with Crippen LogP contribution >= 0.6 is 0 Å². The largest absolute Gasteiger partial charge is 0.354 e. The van der Waals surface area contributed by atoms with Gasteiger partial charge < -0.3 is 10.3 Å². The fourth-order valence-electron chi connectivity index (χ4n) is 1.67. The fraction of sp³-hybridized carbons (Fsp3) is 0.636. The minimum Gasteiger partial charge on any atom is -0.354 e. The van der Waals surface area contributed by atoms with Gasteiger partial charge in [-0.15, -0.1) is 0 Å². The topological polar surface area (TPSA) is 30.9 Å².